The fourth-order valence-electron chi connectivity index (χ4n) is 8.05. The zero-order chi connectivity index (χ0) is 28.4. The number of anilines is 1. The first-order chi connectivity index (χ1) is 19.0. The number of halogens is 2. The Bertz CT molecular complexity index is 1490. The molecule has 0 saturated heterocycles. The first-order valence-electron chi connectivity index (χ1n) is 14.5. The first-order valence-corrected chi connectivity index (χ1v) is 14.5. The first kappa shape index (κ1) is 27.0. The van der Waals surface area contributed by atoms with Gasteiger partial charge in [0.05, 0.1) is 0 Å². The van der Waals surface area contributed by atoms with E-state index in [2.05, 4.69) is 18.8 Å². The van der Waals surface area contributed by atoms with Crippen LogP contribution in [0.3, 0.4) is 0 Å². The molecular formula is C35H37F2NO2. The van der Waals surface area contributed by atoms with Gasteiger partial charge in [-0.1, -0.05) is 24.3 Å². The highest BCUT2D eigenvalue weighted by Crippen LogP contribution is 2.66. The van der Waals surface area contributed by atoms with Crippen molar-refractivity contribution in [3.63, 3.8) is 0 Å². The van der Waals surface area contributed by atoms with Gasteiger partial charge in [0.2, 0.25) is 0 Å². The summed E-state index contributed by atoms with van der Waals surface area (Å²) in [4.78, 5) is 14.3. The number of aliphatic hydroxyl groups is 1. The highest BCUT2D eigenvalue weighted by Gasteiger charge is 2.62. The molecule has 0 aliphatic heterocycles. The van der Waals surface area contributed by atoms with Crippen molar-refractivity contribution in [2.24, 2.45) is 17.3 Å². The van der Waals surface area contributed by atoms with E-state index < -0.39 is 22.7 Å². The monoisotopic (exact) mass is 541 g/mol. The van der Waals surface area contributed by atoms with Crippen LogP contribution in [-0.4, -0.2) is 30.6 Å². The molecule has 3 nitrogen and oxygen atoms in total. The third-order valence-electron chi connectivity index (χ3n) is 10.4. The summed E-state index contributed by atoms with van der Waals surface area (Å²) in [6, 6.07) is 11.0. The van der Waals surface area contributed by atoms with Gasteiger partial charge in [-0.25, -0.2) is 8.78 Å². The maximum Gasteiger partial charge on any atom is 0.156 e. The molecule has 5 heteroatoms. The lowest BCUT2D eigenvalue weighted by Crippen LogP contribution is -2.51. The number of nitrogens with zero attached hydrogens (tertiary/aromatic N) is 1. The number of benzene rings is 2. The molecule has 2 saturated carbocycles. The Kier molecular flexibility index (Phi) is 6.54. The van der Waals surface area contributed by atoms with Crippen molar-refractivity contribution < 1.29 is 18.7 Å². The predicted molar refractivity (Wildman–Crippen MR) is 154 cm³/mol. The Balaban J connectivity index is 1.45. The van der Waals surface area contributed by atoms with Crippen molar-refractivity contribution in [3.8, 4) is 11.8 Å². The van der Waals surface area contributed by atoms with Crippen molar-refractivity contribution in [1.29, 1.82) is 0 Å². The second kappa shape index (κ2) is 9.70. The molecule has 2 aromatic carbocycles. The molecule has 0 spiro atoms. The topological polar surface area (TPSA) is 40.5 Å². The maximum atomic E-state index is 14.9. The van der Waals surface area contributed by atoms with Crippen LogP contribution in [0.1, 0.15) is 74.5 Å². The van der Waals surface area contributed by atoms with Gasteiger partial charge in [0.25, 0.3) is 0 Å². The van der Waals surface area contributed by atoms with Crippen molar-refractivity contribution in [2.45, 2.75) is 70.3 Å². The van der Waals surface area contributed by atoms with Crippen LogP contribution in [0.4, 0.5) is 14.5 Å². The summed E-state index contributed by atoms with van der Waals surface area (Å²) in [5, 5.41) is 12.2. The largest absolute Gasteiger partial charge is 0.378 e. The number of rotatable bonds is 2. The standard InChI is InChI=1S/C35H37F2NO2/c1-21-31(36)18-24(19-32(21)37)29-20-34(2)30(28-11-7-23-17-26(39)10-12-27(23)33(28)29)14-16-35(34,40)15-13-22-5-8-25(9-6-22)38(3)4/h5-6,8-9,17-19,28-30,40H,7,10-12,14,16,20H2,1-4H3/t28-,29+,30?,34-,35-/m0/s1. The van der Waals surface area contributed by atoms with Crippen molar-refractivity contribution >= 4 is 11.5 Å². The van der Waals surface area contributed by atoms with Gasteiger partial charge in [-0.05, 0) is 116 Å². The summed E-state index contributed by atoms with van der Waals surface area (Å²) >= 11 is 0. The second-order valence-corrected chi connectivity index (χ2v) is 12.7. The molecule has 0 amide bonds. The number of fused-ring (bicyclic) bond motifs is 4. The molecule has 5 atom stereocenters. The van der Waals surface area contributed by atoms with Crippen LogP contribution in [0, 0.1) is 47.6 Å². The van der Waals surface area contributed by atoms with Crippen molar-refractivity contribution in [3.05, 3.63) is 87.5 Å². The zero-order valence-electron chi connectivity index (χ0n) is 23.8. The number of carbonyl (C=O) groups excluding carboxylic acids is 1. The molecular weight excluding hydrogens is 504 g/mol. The molecule has 0 bridgehead atoms. The van der Waals surface area contributed by atoms with Gasteiger partial charge >= 0.3 is 0 Å². The van der Waals surface area contributed by atoms with E-state index in [-0.39, 0.29) is 29.1 Å². The average Bonchev–Trinajstić information content (AvgIpc) is 3.20. The minimum Gasteiger partial charge on any atom is -0.378 e. The Morgan fingerprint density at radius 2 is 1.73 bits per heavy atom. The smallest absolute Gasteiger partial charge is 0.156 e. The van der Waals surface area contributed by atoms with Gasteiger partial charge in [0.1, 0.15) is 17.2 Å². The molecule has 1 unspecified atom stereocenters. The summed E-state index contributed by atoms with van der Waals surface area (Å²) in [6.07, 6.45) is 6.63. The van der Waals surface area contributed by atoms with Gasteiger partial charge < -0.3 is 10.0 Å². The Morgan fingerprint density at radius 3 is 2.40 bits per heavy atom. The lowest BCUT2D eigenvalue weighted by Gasteiger charge is -2.53. The molecule has 0 aromatic heterocycles. The quantitative estimate of drug-likeness (QED) is 0.416. The van der Waals surface area contributed by atoms with Gasteiger partial charge in [0, 0.05) is 48.7 Å². The molecule has 0 radical (unpaired) electrons. The Hall–Kier alpha value is -3.23. The minimum absolute atomic E-state index is 0.0221. The summed E-state index contributed by atoms with van der Waals surface area (Å²) in [7, 11) is 3.99. The molecule has 40 heavy (non-hydrogen) atoms. The number of hydrogen-bond acceptors (Lipinski definition) is 3. The number of hydrogen-bond donors (Lipinski definition) is 1. The highest BCUT2D eigenvalue weighted by atomic mass is 19.1. The second-order valence-electron chi connectivity index (χ2n) is 12.7. The van der Waals surface area contributed by atoms with Crippen LogP contribution in [0.5, 0.6) is 0 Å². The van der Waals surface area contributed by atoms with E-state index in [1.165, 1.54) is 30.2 Å². The van der Waals surface area contributed by atoms with Crippen LogP contribution >= 0.6 is 0 Å². The molecule has 0 heterocycles. The van der Waals surface area contributed by atoms with E-state index in [1.807, 2.05) is 43.3 Å². The fraction of sp³-hybridized carbons (Fsp3) is 0.457. The fourth-order valence-corrected chi connectivity index (χ4v) is 8.05. The third-order valence-corrected chi connectivity index (χ3v) is 10.4. The molecule has 2 fully saturated rings. The number of allylic oxidation sites excluding steroid dienone is 4. The van der Waals surface area contributed by atoms with Crippen molar-refractivity contribution in [1.82, 2.24) is 0 Å². The minimum atomic E-state index is -1.22. The van der Waals surface area contributed by atoms with Crippen LogP contribution in [0.15, 0.2) is 59.2 Å². The van der Waals surface area contributed by atoms with E-state index in [1.54, 1.807) is 6.08 Å². The highest BCUT2D eigenvalue weighted by molar-refractivity contribution is 5.93. The van der Waals surface area contributed by atoms with Gasteiger partial charge in [-0.2, -0.15) is 0 Å². The summed E-state index contributed by atoms with van der Waals surface area (Å²) < 4.78 is 29.8. The third kappa shape index (κ3) is 4.23. The Morgan fingerprint density at radius 1 is 1.02 bits per heavy atom. The lowest BCUT2D eigenvalue weighted by atomic mass is 9.51. The summed E-state index contributed by atoms with van der Waals surface area (Å²) in [5.74, 6) is 5.78. The van der Waals surface area contributed by atoms with Crippen LogP contribution in [-0.2, 0) is 4.79 Å². The van der Waals surface area contributed by atoms with E-state index in [9.17, 15) is 18.7 Å². The van der Waals surface area contributed by atoms with Crippen molar-refractivity contribution in [2.75, 3.05) is 19.0 Å². The summed E-state index contributed by atoms with van der Waals surface area (Å²) in [6.45, 7) is 3.60. The van der Waals surface area contributed by atoms with E-state index in [0.29, 0.717) is 31.2 Å². The maximum absolute atomic E-state index is 14.9. The molecule has 4 aliphatic rings. The zero-order valence-corrected chi connectivity index (χ0v) is 23.8. The van der Waals surface area contributed by atoms with E-state index in [0.717, 1.165) is 36.1 Å². The van der Waals surface area contributed by atoms with E-state index in [4.69, 9.17) is 0 Å². The molecule has 1 N–H and O–H groups in total. The lowest BCUT2D eigenvalue weighted by molar-refractivity contribution is -0.114. The van der Waals surface area contributed by atoms with Crippen LogP contribution in [0.25, 0.3) is 0 Å². The summed E-state index contributed by atoms with van der Waals surface area (Å²) in [5.41, 5.74) is 4.36. The Labute approximate surface area is 236 Å². The van der Waals surface area contributed by atoms with Gasteiger partial charge in [0.15, 0.2) is 5.78 Å². The van der Waals surface area contributed by atoms with Gasteiger partial charge in [-0.15, -0.1) is 0 Å². The van der Waals surface area contributed by atoms with E-state index >= 15 is 0 Å². The molecule has 6 rings (SSSR count). The van der Waals surface area contributed by atoms with Crippen LogP contribution in [0.2, 0.25) is 0 Å². The molecule has 208 valence electrons. The predicted octanol–water partition coefficient (Wildman–Crippen LogP) is 7.02. The number of ketones is 1. The molecule has 2 aromatic rings. The average molecular weight is 542 g/mol. The van der Waals surface area contributed by atoms with Crippen LogP contribution < -0.4 is 4.90 Å². The number of carbonyl (C=O) groups is 1. The SMILES string of the molecule is Cc1c(F)cc([C@H]2C[C@@]3(C)C(CC[C@@]3(O)C#Cc3ccc(N(C)C)cc3)[C@@H]3CCC4=CC(=O)CCC4=C32)cc1F. The normalized spacial score (nSPS) is 31.0. The molecule has 4 aliphatic carbocycles. The van der Waals surface area contributed by atoms with Gasteiger partial charge in [-0.3, -0.25) is 4.79 Å².